The standard InChI is InChI=1S/C14H18N2.ClH/c1-4-9-16-13-8-6-5-7-12(13)15-14(16)10-11(2)3;/h4-8,11H,1,9-10H2,2-3H3;1H. The monoisotopic (exact) mass is 250 g/mol. The molecule has 1 aromatic heterocycles. The first-order valence-electron chi connectivity index (χ1n) is 5.77. The molecule has 0 aliphatic heterocycles. The van der Waals surface area contributed by atoms with Crippen LogP contribution >= 0.6 is 12.4 Å². The Bertz CT molecular complexity index is 500. The topological polar surface area (TPSA) is 17.8 Å². The van der Waals surface area contributed by atoms with Crippen molar-refractivity contribution < 1.29 is 0 Å². The number of rotatable bonds is 4. The van der Waals surface area contributed by atoms with E-state index >= 15 is 0 Å². The third kappa shape index (κ3) is 2.89. The summed E-state index contributed by atoms with van der Waals surface area (Å²) in [5.41, 5.74) is 2.29. The largest absolute Gasteiger partial charge is 0.324 e. The van der Waals surface area contributed by atoms with Crippen LogP contribution in [0.5, 0.6) is 0 Å². The van der Waals surface area contributed by atoms with E-state index in [-0.39, 0.29) is 12.4 Å². The Labute approximate surface area is 109 Å². The van der Waals surface area contributed by atoms with E-state index < -0.39 is 0 Å². The smallest absolute Gasteiger partial charge is 0.110 e. The number of halogens is 1. The molecule has 2 nitrogen and oxygen atoms in total. The minimum atomic E-state index is 0. The van der Waals surface area contributed by atoms with Gasteiger partial charge in [0.25, 0.3) is 0 Å². The van der Waals surface area contributed by atoms with Crippen LogP contribution in [-0.4, -0.2) is 9.55 Å². The van der Waals surface area contributed by atoms with Gasteiger partial charge in [0.1, 0.15) is 5.82 Å². The van der Waals surface area contributed by atoms with Gasteiger partial charge in [0.15, 0.2) is 0 Å². The van der Waals surface area contributed by atoms with Gasteiger partial charge in [-0.25, -0.2) is 4.98 Å². The van der Waals surface area contributed by atoms with Gasteiger partial charge in [-0.15, -0.1) is 19.0 Å². The summed E-state index contributed by atoms with van der Waals surface area (Å²) in [7, 11) is 0. The molecule has 0 saturated heterocycles. The average molecular weight is 251 g/mol. The Morgan fingerprint density at radius 1 is 1.35 bits per heavy atom. The van der Waals surface area contributed by atoms with Gasteiger partial charge < -0.3 is 4.57 Å². The van der Waals surface area contributed by atoms with Crippen molar-refractivity contribution in [3.63, 3.8) is 0 Å². The second-order valence-corrected chi connectivity index (χ2v) is 4.51. The van der Waals surface area contributed by atoms with Crippen LogP contribution in [0.15, 0.2) is 36.9 Å². The highest BCUT2D eigenvalue weighted by atomic mass is 35.5. The van der Waals surface area contributed by atoms with Gasteiger partial charge in [0.2, 0.25) is 0 Å². The maximum Gasteiger partial charge on any atom is 0.110 e. The van der Waals surface area contributed by atoms with Crippen LogP contribution in [0, 0.1) is 5.92 Å². The van der Waals surface area contributed by atoms with Crippen molar-refractivity contribution in [2.75, 3.05) is 0 Å². The van der Waals surface area contributed by atoms with E-state index in [4.69, 9.17) is 0 Å². The van der Waals surface area contributed by atoms with Crippen LogP contribution in [0.25, 0.3) is 11.0 Å². The number of aromatic nitrogens is 2. The molecule has 2 rings (SSSR count). The molecule has 0 N–H and O–H groups in total. The number of para-hydroxylation sites is 2. The number of imidazole rings is 1. The minimum Gasteiger partial charge on any atom is -0.324 e. The highest BCUT2D eigenvalue weighted by Gasteiger charge is 2.10. The zero-order valence-corrected chi connectivity index (χ0v) is 11.2. The van der Waals surface area contributed by atoms with Crippen molar-refractivity contribution in [3.05, 3.63) is 42.7 Å². The lowest BCUT2D eigenvalue weighted by atomic mass is 10.1. The Morgan fingerprint density at radius 2 is 2.06 bits per heavy atom. The van der Waals surface area contributed by atoms with Crippen molar-refractivity contribution in [1.29, 1.82) is 0 Å². The predicted octanol–water partition coefficient (Wildman–Crippen LogP) is 3.84. The quantitative estimate of drug-likeness (QED) is 0.754. The fourth-order valence-electron chi connectivity index (χ4n) is 1.98. The molecular weight excluding hydrogens is 232 g/mol. The van der Waals surface area contributed by atoms with Crippen LogP contribution in [-0.2, 0) is 13.0 Å². The molecule has 0 atom stereocenters. The van der Waals surface area contributed by atoms with E-state index in [0.29, 0.717) is 5.92 Å². The Morgan fingerprint density at radius 3 is 2.71 bits per heavy atom. The van der Waals surface area contributed by atoms with Crippen molar-refractivity contribution in [2.24, 2.45) is 5.92 Å². The van der Waals surface area contributed by atoms with E-state index in [0.717, 1.165) is 24.3 Å². The lowest BCUT2D eigenvalue weighted by Gasteiger charge is -2.07. The Balaban J connectivity index is 0.00000144. The van der Waals surface area contributed by atoms with Crippen molar-refractivity contribution in [3.8, 4) is 0 Å². The van der Waals surface area contributed by atoms with Crippen LogP contribution < -0.4 is 0 Å². The second kappa shape index (κ2) is 5.87. The molecule has 0 unspecified atom stereocenters. The molecule has 0 bridgehead atoms. The fraction of sp³-hybridized carbons (Fsp3) is 0.357. The van der Waals surface area contributed by atoms with Crippen LogP contribution in [0.2, 0.25) is 0 Å². The van der Waals surface area contributed by atoms with Crippen LogP contribution in [0.1, 0.15) is 19.7 Å². The lowest BCUT2D eigenvalue weighted by molar-refractivity contribution is 0.597. The first-order chi connectivity index (χ1) is 7.72. The van der Waals surface area contributed by atoms with Gasteiger partial charge in [0, 0.05) is 13.0 Å². The first kappa shape index (κ1) is 13.8. The van der Waals surface area contributed by atoms with Crippen molar-refractivity contribution >= 4 is 23.4 Å². The number of allylic oxidation sites excluding steroid dienone is 1. The van der Waals surface area contributed by atoms with E-state index in [2.05, 4.69) is 48.2 Å². The molecule has 2 aromatic rings. The van der Waals surface area contributed by atoms with E-state index in [1.54, 1.807) is 0 Å². The Hall–Kier alpha value is -1.28. The number of nitrogens with zero attached hydrogens (tertiary/aromatic N) is 2. The van der Waals surface area contributed by atoms with E-state index in [1.165, 1.54) is 5.52 Å². The summed E-state index contributed by atoms with van der Waals surface area (Å²) in [6, 6.07) is 8.28. The molecule has 1 aromatic carbocycles. The van der Waals surface area contributed by atoms with Gasteiger partial charge in [-0.2, -0.15) is 0 Å². The fourth-order valence-corrected chi connectivity index (χ4v) is 1.98. The SMILES string of the molecule is C=CCn1c(CC(C)C)nc2ccccc21.Cl. The van der Waals surface area contributed by atoms with Gasteiger partial charge in [-0.3, -0.25) is 0 Å². The third-order valence-electron chi connectivity index (χ3n) is 2.64. The first-order valence-corrected chi connectivity index (χ1v) is 5.77. The zero-order chi connectivity index (χ0) is 11.5. The predicted molar refractivity (Wildman–Crippen MR) is 75.7 cm³/mol. The summed E-state index contributed by atoms with van der Waals surface area (Å²) in [6.45, 7) is 9.09. The highest BCUT2D eigenvalue weighted by Crippen LogP contribution is 2.18. The van der Waals surface area contributed by atoms with Gasteiger partial charge in [0.05, 0.1) is 11.0 Å². The number of fused-ring (bicyclic) bond motifs is 1. The molecule has 92 valence electrons. The third-order valence-corrected chi connectivity index (χ3v) is 2.64. The van der Waals surface area contributed by atoms with Crippen molar-refractivity contribution in [1.82, 2.24) is 9.55 Å². The molecule has 3 heteroatoms. The molecule has 0 aliphatic carbocycles. The molecule has 17 heavy (non-hydrogen) atoms. The molecular formula is C14H19ClN2. The number of hydrogen-bond donors (Lipinski definition) is 0. The molecule has 0 radical (unpaired) electrons. The molecule has 0 amide bonds. The average Bonchev–Trinajstić information content (AvgIpc) is 2.57. The van der Waals surface area contributed by atoms with Gasteiger partial charge >= 0.3 is 0 Å². The van der Waals surface area contributed by atoms with Crippen LogP contribution in [0.4, 0.5) is 0 Å². The molecule has 0 saturated carbocycles. The molecule has 1 heterocycles. The van der Waals surface area contributed by atoms with Crippen LogP contribution in [0.3, 0.4) is 0 Å². The summed E-state index contributed by atoms with van der Waals surface area (Å²) >= 11 is 0. The summed E-state index contributed by atoms with van der Waals surface area (Å²) in [4.78, 5) is 4.69. The summed E-state index contributed by atoms with van der Waals surface area (Å²) < 4.78 is 2.25. The molecule has 0 spiro atoms. The van der Waals surface area contributed by atoms with Gasteiger partial charge in [-0.05, 0) is 18.1 Å². The highest BCUT2D eigenvalue weighted by molar-refractivity contribution is 5.85. The summed E-state index contributed by atoms with van der Waals surface area (Å²) in [5, 5.41) is 0. The van der Waals surface area contributed by atoms with Crippen molar-refractivity contribution in [2.45, 2.75) is 26.8 Å². The Kier molecular flexibility index (Phi) is 4.76. The minimum absolute atomic E-state index is 0. The van der Waals surface area contributed by atoms with E-state index in [1.807, 2.05) is 12.1 Å². The molecule has 0 fully saturated rings. The summed E-state index contributed by atoms with van der Waals surface area (Å²) in [5.74, 6) is 1.79. The maximum absolute atomic E-state index is 4.69. The molecule has 0 aliphatic rings. The van der Waals surface area contributed by atoms with Gasteiger partial charge in [-0.1, -0.05) is 32.1 Å². The number of hydrogen-bond acceptors (Lipinski definition) is 1. The maximum atomic E-state index is 4.69. The normalized spacial score (nSPS) is 10.5. The van der Waals surface area contributed by atoms with E-state index in [9.17, 15) is 0 Å². The number of benzene rings is 1. The summed E-state index contributed by atoms with van der Waals surface area (Å²) in [6.07, 6.45) is 2.94. The zero-order valence-electron chi connectivity index (χ0n) is 10.4. The lowest BCUT2D eigenvalue weighted by Crippen LogP contribution is -2.05. The second-order valence-electron chi connectivity index (χ2n) is 4.51.